The Balaban J connectivity index is 1.42. The average molecular weight is 400 g/mol. The van der Waals surface area contributed by atoms with E-state index < -0.39 is 0 Å². The SMILES string of the molecule is CC(C)NC(=O)N1CCC2(CC1)CC(CC(=O)NCC1CC1)c1ccccc1O2. The second kappa shape index (κ2) is 8.25. The van der Waals surface area contributed by atoms with E-state index in [1.807, 2.05) is 36.9 Å². The van der Waals surface area contributed by atoms with Gasteiger partial charge in [0.05, 0.1) is 0 Å². The lowest BCUT2D eigenvalue weighted by Crippen LogP contribution is -2.54. The first kappa shape index (κ1) is 20.0. The molecule has 0 radical (unpaired) electrons. The van der Waals surface area contributed by atoms with Gasteiger partial charge in [0.1, 0.15) is 11.4 Å². The molecule has 29 heavy (non-hydrogen) atoms. The van der Waals surface area contributed by atoms with E-state index in [9.17, 15) is 9.59 Å². The van der Waals surface area contributed by atoms with Crippen LogP contribution in [0, 0.1) is 5.92 Å². The first-order valence-corrected chi connectivity index (χ1v) is 11.0. The number of benzene rings is 1. The summed E-state index contributed by atoms with van der Waals surface area (Å²) in [4.78, 5) is 26.8. The molecule has 0 aromatic heterocycles. The highest BCUT2D eigenvalue weighted by atomic mass is 16.5. The molecule has 1 saturated heterocycles. The van der Waals surface area contributed by atoms with Gasteiger partial charge in [0, 0.05) is 50.9 Å². The van der Waals surface area contributed by atoms with E-state index in [1.165, 1.54) is 12.8 Å². The Morgan fingerprint density at radius 2 is 1.93 bits per heavy atom. The number of hydrogen-bond donors (Lipinski definition) is 2. The zero-order chi connectivity index (χ0) is 20.4. The van der Waals surface area contributed by atoms with Crippen molar-refractivity contribution in [3.05, 3.63) is 29.8 Å². The highest BCUT2D eigenvalue weighted by molar-refractivity contribution is 5.77. The van der Waals surface area contributed by atoms with Gasteiger partial charge in [0.15, 0.2) is 0 Å². The van der Waals surface area contributed by atoms with Gasteiger partial charge in [-0.15, -0.1) is 0 Å². The minimum Gasteiger partial charge on any atom is -0.487 e. The van der Waals surface area contributed by atoms with Crippen LogP contribution in [0.15, 0.2) is 24.3 Å². The van der Waals surface area contributed by atoms with Crippen molar-refractivity contribution < 1.29 is 14.3 Å². The summed E-state index contributed by atoms with van der Waals surface area (Å²) >= 11 is 0. The first-order chi connectivity index (χ1) is 13.9. The van der Waals surface area contributed by atoms with Gasteiger partial charge in [-0.05, 0) is 50.7 Å². The minimum absolute atomic E-state index is 0.00191. The first-order valence-electron chi connectivity index (χ1n) is 11.0. The van der Waals surface area contributed by atoms with Gasteiger partial charge < -0.3 is 20.3 Å². The summed E-state index contributed by atoms with van der Waals surface area (Å²) in [5.74, 6) is 1.89. The largest absolute Gasteiger partial charge is 0.487 e. The number of para-hydroxylation sites is 1. The maximum Gasteiger partial charge on any atom is 0.317 e. The second-order valence-electron chi connectivity index (χ2n) is 9.27. The lowest BCUT2D eigenvalue weighted by Gasteiger charge is -2.47. The topological polar surface area (TPSA) is 70.7 Å². The third-order valence-electron chi connectivity index (χ3n) is 6.39. The highest BCUT2D eigenvalue weighted by Gasteiger charge is 2.44. The molecule has 6 nitrogen and oxygen atoms in total. The van der Waals surface area contributed by atoms with E-state index in [-0.39, 0.29) is 29.5 Å². The van der Waals surface area contributed by atoms with Crippen molar-refractivity contribution in [1.82, 2.24) is 15.5 Å². The number of likely N-dealkylation sites (tertiary alicyclic amines) is 1. The van der Waals surface area contributed by atoms with Crippen LogP contribution >= 0.6 is 0 Å². The monoisotopic (exact) mass is 399 g/mol. The summed E-state index contributed by atoms with van der Waals surface area (Å²) < 4.78 is 6.50. The maximum absolute atomic E-state index is 12.6. The predicted octanol–water partition coefficient (Wildman–Crippen LogP) is 3.42. The van der Waals surface area contributed by atoms with Gasteiger partial charge in [-0.3, -0.25) is 4.79 Å². The Kier molecular flexibility index (Phi) is 5.70. The van der Waals surface area contributed by atoms with Crippen molar-refractivity contribution in [1.29, 1.82) is 0 Å². The molecule has 1 aromatic carbocycles. The van der Waals surface area contributed by atoms with E-state index in [4.69, 9.17) is 4.74 Å². The number of ether oxygens (including phenoxy) is 1. The summed E-state index contributed by atoms with van der Waals surface area (Å²) in [5, 5.41) is 6.09. The Morgan fingerprint density at radius 3 is 2.62 bits per heavy atom. The fourth-order valence-corrected chi connectivity index (χ4v) is 4.56. The van der Waals surface area contributed by atoms with E-state index in [0.29, 0.717) is 25.4 Å². The van der Waals surface area contributed by atoms with Crippen LogP contribution in [0.2, 0.25) is 0 Å². The Hall–Kier alpha value is -2.24. The molecule has 1 atom stereocenters. The highest BCUT2D eigenvalue weighted by Crippen LogP contribution is 2.46. The fourth-order valence-electron chi connectivity index (χ4n) is 4.56. The number of urea groups is 1. The summed E-state index contributed by atoms with van der Waals surface area (Å²) in [5.41, 5.74) is 0.851. The zero-order valence-electron chi connectivity index (χ0n) is 17.6. The smallest absolute Gasteiger partial charge is 0.317 e. The van der Waals surface area contributed by atoms with Crippen molar-refractivity contribution >= 4 is 11.9 Å². The molecule has 2 heterocycles. The Labute approximate surface area is 173 Å². The lowest BCUT2D eigenvalue weighted by molar-refractivity contribution is -0.122. The van der Waals surface area contributed by atoms with Crippen LogP contribution in [0.1, 0.15) is 63.9 Å². The molecular weight excluding hydrogens is 366 g/mol. The number of nitrogens with zero attached hydrogens (tertiary/aromatic N) is 1. The number of carbonyl (C=O) groups is 2. The number of rotatable bonds is 5. The van der Waals surface area contributed by atoms with Crippen LogP contribution in [0.25, 0.3) is 0 Å². The van der Waals surface area contributed by atoms with Crippen molar-refractivity contribution in [3.63, 3.8) is 0 Å². The molecule has 4 rings (SSSR count). The summed E-state index contributed by atoms with van der Waals surface area (Å²) in [6.07, 6.45) is 5.42. The number of hydrogen-bond acceptors (Lipinski definition) is 3. The molecule has 2 N–H and O–H groups in total. The van der Waals surface area contributed by atoms with Crippen molar-refractivity contribution in [3.8, 4) is 5.75 Å². The number of piperidine rings is 1. The Morgan fingerprint density at radius 1 is 1.21 bits per heavy atom. The molecule has 1 unspecified atom stereocenters. The van der Waals surface area contributed by atoms with Gasteiger partial charge in [-0.25, -0.2) is 4.79 Å². The molecule has 3 aliphatic rings. The van der Waals surface area contributed by atoms with Crippen LogP contribution in [-0.4, -0.2) is 48.1 Å². The predicted molar refractivity (Wildman–Crippen MR) is 112 cm³/mol. The van der Waals surface area contributed by atoms with Crippen LogP contribution in [0.5, 0.6) is 5.75 Å². The number of nitrogens with one attached hydrogen (secondary N) is 2. The lowest BCUT2D eigenvalue weighted by atomic mass is 9.76. The standard InChI is InChI=1S/C23H33N3O3/c1-16(2)25-22(28)26-11-9-23(10-12-26)14-18(13-21(27)24-15-17-7-8-17)19-5-3-4-6-20(19)29-23/h3-6,16-18H,7-15H2,1-2H3,(H,24,27)(H,25,28). The van der Waals surface area contributed by atoms with E-state index in [1.54, 1.807) is 0 Å². The van der Waals surface area contributed by atoms with Crippen LogP contribution in [-0.2, 0) is 4.79 Å². The molecule has 1 spiro atoms. The van der Waals surface area contributed by atoms with Crippen molar-refractivity contribution in [2.75, 3.05) is 19.6 Å². The van der Waals surface area contributed by atoms with Crippen molar-refractivity contribution in [2.24, 2.45) is 5.92 Å². The van der Waals surface area contributed by atoms with Gasteiger partial charge in [0.2, 0.25) is 5.91 Å². The van der Waals surface area contributed by atoms with E-state index in [2.05, 4.69) is 16.7 Å². The van der Waals surface area contributed by atoms with Gasteiger partial charge in [0.25, 0.3) is 0 Å². The Bertz CT molecular complexity index is 751. The molecule has 2 aliphatic heterocycles. The molecule has 0 bridgehead atoms. The second-order valence-corrected chi connectivity index (χ2v) is 9.27. The van der Waals surface area contributed by atoms with Gasteiger partial charge >= 0.3 is 6.03 Å². The quantitative estimate of drug-likeness (QED) is 0.797. The fraction of sp³-hybridized carbons (Fsp3) is 0.652. The summed E-state index contributed by atoms with van der Waals surface area (Å²) in [6.45, 7) is 6.13. The number of carbonyl (C=O) groups excluding carboxylic acids is 2. The molecule has 1 saturated carbocycles. The minimum atomic E-state index is -0.287. The summed E-state index contributed by atoms with van der Waals surface area (Å²) in [6, 6.07) is 8.26. The maximum atomic E-state index is 12.6. The van der Waals surface area contributed by atoms with Crippen LogP contribution in [0.3, 0.4) is 0 Å². The summed E-state index contributed by atoms with van der Waals surface area (Å²) in [7, 11) is 0. The van der Waals surface area contributed by atoms with E-state index >= 15 is 0 Å². The molecule has 158 valence electrons. The molecule has 1 aliphatic carbocycles. The number of fused-ring (bicyclic) bond motifs is 1. The van der Waals surface area contributed by atoms with E-state index in [0.717, 1.165) is 37.1 Å². The van der Waals surface area contributed by atoms with Crippen LogP contribution in [0.4, 0.5) is 4.79 Å². The van der Waals surface area contributed by atoms with Crippen molar-refractivity contribution in [2.45, 2.75) is 69.9 Å². The average Bonchev–Trinajstić information content (AvgIpc) is 3.51. The third kappa shape index (κ3) is 4.85. The molecule has 1 aromatic rings. The van der Waals surface area contributed by atoms with Gasteiger partial charge in [-0.2, -0.15) is 0 Å². The molecule has 3 amide bonds. The molecule has 2 fully saturated rings. The van der Waals surface area contributed by atoms with Gasteiger partial charge in [-0.1, -0.05) is 18.2 Å². The molecule has 6 heteroatoms. The van der Waals surface area contributed by atoms with Crippen LogP contribution < -0.4 is 15.4 Å². The molecular formula is C23H33N3O3. The normalized spacial score (nSPS) is 22.7. The zero-order valence-corrected chi connectivity index (χ0v) is 17.6. The third-order valence-corrected chi connectivity index (χ3v) is 6.39. The number of amides is 3.